The van der Waals surface area contributed by atoms with Crippen LogP contribution in [0.5, 0.6) is 0 Å². The number of nitrogens with one attached hydrogen (secondary N) is 1. The molecule has 0 atom stereocenters. The van der Waals surface area contributed by atoms with Gasteiger partial charge in [0.25, 0.3) is 0 Å². The quantitative estimate of drug-likeness (QED) is 0.652. The molecule has 0 saturated carbocycles. The average molecular weight is 205 g/mol. The summed E-state index contributed by atoms with van der Waals surface area (Å²) in [6.07, 6.45) is 1.97. The van der Waals surface area contributed by atoms with Crippen LogP contribution in [0.25, 0.3) is 0 Å². The molecule has 0 aliphatic rings. The lowest BCUT2D eigenvalue weighted by Gasteiger charge is -2.01. The summed E-state index contributed by atoms with van der Waals surface area (Å²) in [6.45, 7) is 6.68. The van der Waals surface area contributed by atoms with E-state index >= 15 is 0 Å². The van der Waals surface area contributed by atoms with Crippen molar-refractivity contribution in [3.63, 3.8) is 0 Å². The Balaban J connectivity index is -0.000000449. The Hall–Kier alpha value is -1.06. The molecule has 0 unspecified atom stereocenters. The first kappa shape index (κ1) is 15.4. The fraction of sp³-hybridized carbons (Fsp3) is 0.800. The second kappa shape index (κ2) is 11.9. The predicted molar refractivity (Wildman–Crippen MR) is 58.2 cm³/mol. The summed E-state index contributed by atoms with van der Waals surface area (Å²) < 4.78 is 0. The Labute approximate surface area is 87.2 Å². The van der Waals surface area contributed by atoms with Gasteiger partial charge in [0.15, 0.2) is 0 Å². The minimum atomic E-state index is -0.930. The van der Waals surface area contributed by atoms with Gasteiger partial charge in [0.2, 0.25) is 5.91 Å². The maximum absolute atomic E-state index is 10.8. The number of amides is 1. The van der Waals surface area contributed by atoms with E-state index in [1.807, 2.05) is 20.8 Å². The Morgan fingerprint density at radius 1 is 1.29 bits per heavy atom. The van der Waals surface area contributed by atoms with E-state index in [1.54, 1.807) is 0 Å². The molecule has 0 saturated heterocycles. The molecule has 1 amide bonds. The van der Waals surface area contributed by atoms with E-state index in [-0.39, 0.29) is 20.2 Å². The van der Waals surface area contributed by atoms with Crippen molar-refractivity contribution < 1.29 is 16.1 Å². The van der Waals surface area contributed by atoms with Crippen LogP contribution in [0.4, 0.5) is 0 Å². The van der Waals surface area contributed by atoms with Crippen LogP contribution in [0.2, 0.25) is 0 Å². The fourth-order valence-corrected chi connectivity index (χ4v) is 0.713. The molecule has 4 heteroatoms. The second-order valence-electron chi connectivity index (χ2n) is 2.60. The van der Waals surface area contributed by atoms with Gasteiger partial charge in [-0.3, -0.25) is 9.59 Å². The van der Waals surface area contributed by atoms with E-state index in [0.717, 1.165) is 12.8 Å². The van der Waals surface area contributed by atoms with Gasteiger partial charge in [-0.1, -0.05) is 27.2 Å². The Morgan fingerprint density at radius 2 is 1.86 bits per heavy atom. The van der Waals surface area contributed by atoms with Gasteiger partial charge < -0.3 is 10.4 Å². The number of carboxylic acid groups (broad SMARTS) is 1. The molecule has 0 bridgehead atoms. The summed E-state index contributed by atoms with van der Waals surface area (Å²) in [6, 6.07) is 0. The van der Waals surface area contributed by atoms with Crippen molar-refractivity contribution in [2.45, 2.75) is 46.5 Å². The molecule has 0 aliphatic carbocycles. The van der Waals surface area contributed by atoms with Crippen LogP contribution in [-0.2, 0) is 9.59 Å². The monoisotopic (exact) mass is 205 g/mol. The van der Waals surface area contributed by atoms with E-state index in [0.29, 0.717) is 6.54 Å². The number of carbonyl (C=O) groups excluding carboxylic acids is 1. The molecule has 0 radical (unpaired) electrons. The zero-order valence-corrected chi connectivity index (χ0v) is 9.30. The van der Waals surface area contributed by atoms with Gasteiger partial charge in [-0.2, -0.15) is 0 Å². The highest BCUT2D eigenvalue weighted by molar-refractivity contribution is 5.80. The molecule has 0 spiro atoms. The summed E-state index contributed by atoms with van der Waals surface area (Å²) in [7, 11) is 0. The highest BCUT2D eigenvalue weighted by Crippen LogP contribution is 1.89. The van der Waals surface area contributed by atoms with Gasteiger partial charge in [0, 0.05) is 14.4 Å². The molecule has 14 heavy (non-hydrogen) atoms. The highest BCUT2D eigenvalue weighted by Gasteiger charge is 2.03. The van der Waals surface area contributed by atoms with Gasteiger partial charge in [0.1, 0.15) is 0 Å². The fourth-order valence-electron chi connectivity index (χ4n) is 0.713. The molecule has 2 N–H and O–H groups in total. The maximum Gasteiger partial charge on any atom is 0.303 e. The number of aliphatic carboxylic acids is 1. The van der Waals surface area contributed by atoms with Crippen LogP contribution < -0.4 is 5.32 Å². The van der Waals surface area contributed by atoms with E-state index in [1.165, 1.54) is 0 Å². The lowest BCUT2D eigenvalue weighted by Crippen LogP contribution is -2.24. The van der Waals surface area contributed by atoms with Crippen molar-refractivity contribution in [3.8, 4) is 0 Å². The summed E-state index contributed by atoms with van der Waals surface area (Å²) in [5, 5.41) is 10.9. The van der Waals surface area contributed by atoms with Crippen molar-refractivity contribution in [2.75, 3.05) is 6.54 Å². The first-order chi connectivity index (χ1) is 6.66. The van der Waals surface area contributed by atoms with Crippen LogP contribution in [0.1, 0.15) is 47.9 Å². The standard InChI is InChI=1S/C8H15NO3.C2H6.H2/c1-2-3-6-9-7(10)4-5-8(11)12;1-2;/h2-6H2,1H3,(H,9,10)(H,11,12);1-2H3;1H. The Bertz CT molecular complexity index is 163. The minimum Gasteiger partial charge on any atom is -0.481 e. The van der Waals surface area contributed by atoms with Gasteiger partial charge in [-0.25, -0.2) is 0 Å². The SMILES string of the molecule is CC.CCCCNC(=O)CCC(=O)O.[HH]. The molecule has 0 aliphatic heterocycles. The van der Waals surface area contributed by atoms with Crippen molar-refractivity contribution in [2.24, 2.45) is 0 Å². The van der Waals surface area contributed by atoms with Crippen LogP contribution in [0.3, 0.4) is 0 Å². The van der Waals surface area contributed by atoms with E-state index in [4.69, 9.17) is 5.11 Å². The van der Waals surface area contributed by atoms with Crippen molar-refractivity contribution in [1.82, 2.24) is 5.32 Å². The van der Waals surface area contributed by atoms with Crippen LogP contribution in [0, 0.1) is 0 Å². The average Bonchev–Trinajstić information content (AvgIpc) is 2.18. The minimum absolute atomic E-state index is 0. The summed E-state index contributed by atoms with van der Waals surface area (Å²) in [5.41, 5.74) is 0. The molecular weight excluding hydrogens is 182 g/mol. The summed E-state index contributed by atoms with van der Waals surface area (Å²) in [5.74, 6) is -1.11. The van der Waals surface area contributed by atoms with E-state index < -0.39 is 5.97 Å². The molecule has 4 nitrogen and oxygen atoms in total. The molecule has 0 aromatic heterocycles. The lowest BCUT2D eigenvalue weighted by molar-refractivity contribution is -0.138. The van der Waals surface area contributed by atoms with Crippen LogP contribution in [0.15, 0.2) is 0 Å². The highest BCUT2D eigenvalue weighted by atomic mass is 16.4. The van der Waals surface area contributed by atoms with Crippen molar-refractivity contribution in [3.05, 3.63) is 0 Å². The number of rotatable bonds is 6. The lowest BCUT2D eigenvalue weighted by atomic mass is 10.3. The summed E-state index contributed by atoms with van der Waals surface area (Å²) in [4.78, 5) is 20.9. The molecular formula is C10H23NO3. The maximum atomic E-state index is 10.8. The number of carboxylic acids is 1. The topological polar surface area (TPSA) is 66.4 Å². The zero-order chi connectivity index (χ0) is 11.4. The zero-order valence-electron chi connectivity index (χ0n) is 9.30. The van der Waals surface area contributed by atoms with E-state index in [2.05, 4.69) is 5.32 Å². The third-order valence-electron chi connectivity index (χ3n) is 1.42. The number of hydrogen-bond acceptors (Lipinski definition) is 2. The molecule has 0 heterocycles. The van der Waals surface area contributed by atoms with Crippen LogP contribution in [-0.4, -0.2) is 23.5 Å². The molecule has 0 fully saturated rings. The van der Waals surface area contributed by atoms with Gasteiger partial charge in [-0.15, -0.1) is 0 Å². The van der Waals surface area contributed by atoms with Crippen molar-refractivity contribution >= 4 is 11.9 Å². The van der Waals surface area contributed by atoms with Gasteiger partial charge in [-0.05, 0) is 6.42 Å². The second-order valence-corrected chi connectivity index (χ2v) is 2.60. The first-order valence-corrected chi connectivity index (χ1v) is 5.15. The first-order valence-electron chi connectivity index (χ1n) is 5.15. The smallest absolute Gasteiger partial charge is 0.303 e. The van der Waals surface area contributed by atoms with Crippen LogP contribution >= 0.6 is 0 Å². The Kier molecular flexibility index (Phi) is 13.1. The normalized spacial score (nSPS) is 8.50. The Morgan fingerprint density at radius 3 is 2.29 bits per heavy atom. The number of hydrogen-bond donors (Lipinski definition) is 2. The largest absolute Gasteiger partial charge is 0.481 e. The summed E-state index contributed by atoms with van der Waals surface area (Å²) >= 11 is 0. The number of unbranched alkanes of at least 4 members (excludes halogenated alkanes) is 1. The van der Waals surface area contributed by atoms with Crippen molar-refractivity contribution in [1.29, 1.82) is 0 Å². The number of carbonyl (C=O) groups is 2. The van der Waals surface area contributed by atoms with Gasteiger partial charge in [0.05, 0.1) is 6.42 Å². The third-order valence-corrected chi connectivity index (χ3v) is 1.42. The van der Waals surface area contributed by atoms with Gasteiger partial charge >= 0.3 is 5.97 Å². The predicted octanol–water partition coefficient (Wildman–Crippen LogP) is 2.04. The van der Waals surface area contributed by atoms with E-state index in [9.17, 15) is 9.59 Å². The molecule has 0 aromatic carbocycles. The third kappa shape index (κ3) is 13.5. The molecule has 0 rings (SSSR count). The molecule has 86 valence electrons. The molecule has 0 aromatic rings.